The van der Waals surface area contributed by atoms with Crippen molar-refractivity contribution in [3.8, 4) is 0 Å². The zero-order valence-electron chi connectivity index (χ0n) is 9.08. The molecule has 17 heavy (non-hydrogen) atoms. The molecule has 94 valence electrons. The third kappa shape index (κ3) is 2.41. The Balaban J connectivity index is 2.37. The van der Waals surface area contributed by atoms with Gasteiger partial charge in [0.25, 0.3) is 10.0 Å². The predicted octanol–water partition coefficient (Wildman–Crippen LogP) is 0.619. The molecule has 0 spiro atoms. The number of anilines is 1. The number of nitrogens with two attached hydrogens (primary N) is 1. The number of aromatic nitrogens is 2. The Morgan fingerprint density at radius 3 is 3.12 bits per heavy atom. The maximum absolute atomic E-state index is 12.0. The standard InChI is InChI=1S/C8H12N4O2S3/c1-15-4-2-10-17(13,14)7-6(9)11-8-12(7)3-5-16-8/h3,5,10H,2,4,9H2,1H3. The van der Waals surface area contributed by atoms with Crippen LogP contribution in [0.5, 0.6) is 0 Å². The second kappa shape index (κ2) is 4.84. The van der Waals surface area contributed by atoms with Gasteiger partial charge in [-0.3, -0.25) is 4.40 Å². The van der Waals surface area contributed by atoms with Crippen molar-refractivity contribution in [2.45, 2.75) is 5.03 Å². The van der Waals surface area contributed by atoms with Crippen molar-refractivity contribution in [3.05, 3.63) is 11.6 Å². The molecule has 0 aromatic carbocycles. The third-order valence-electron chi connectivity index (χ3n) is 2.10. The molecule has 2 heterocycles. The lowest BCUT2D eigenvalue weighted by Gasteiger charge is -2.05. The lowest BCUT2D eigenvalue weighted by atomic mass is 10.8. The summed E-state index contributed by atoms with van der Waals surface area (Å²) < 4.78 is 28.1. The van der Waals surface area contributed by atoms with Gasteiger partial charge in [-0.1, -0.05) is 0 Å². The molecule has 0 bridgehead atoms. The Labute approximate surface area is 107 Å². The number of thioether (sulfide) groups is 1. The van der Waals surface area contributed by atoms with E-state index in [4.69, 9.17) is 5.73 Å². The van der Waals surface area contributed by atoms with E-state index in [0.29, 0.717) is 17.3 Å². The number of thiazole rings is 1. The second-order valence-electron chi connectivity index (χ2n) is 3.25. The van der Waals surface area contributed by atoms with E-state index in [2.05, 4.69) is 9.71 Å². The molecule has 0 radical (unpaired) electrons. The number of nitrogen functional groups attached to an aromatic ring is 1. The smallest absolute Gasteiger partial charge is 0.260 e. The Bertz CT molecular complexity index is 616. The zero-order valence-corrected chi connectivity index (χ0v) is 11.5. The summed E-state index contributed by atoms with van der Waals surface area (Å²) in [6.45, 7) is 0.375. The van der Waals surface area contributed by atoms with Gasteiger partial charge in [0.1, 0.15) is 0 Å². The van der Waals surface area contributed by atoms with E-state index in [1.165, 1.54) is 15.7 Å². The highest BCUT2D eigenvalue weighted by Crippen LogP contribution is 2.22. The molecule has 0 unspecified atom stereocenters. The molecule has 0 atom stereocenters. The molecule has 0 aliphatic carbocycles. The first-order chi connectivity index (χ1) is 8.06. The van der Waals surface area contributed by atoms with E-state index >= 15 is 0 Å². The fourth-order valence-electron chi connectivity index (χ4n) is 1.40. The summed E-state index contributed by atoms with van der Waals surface area (Å²) in [6.07, 6.45) is 3.56. The van der Waals surface area contributed by atoms with Crippen molar-refractivity contribution in [1.29, 1.82) is 0 Å². The largest absolute Gasteiger partial charge is 0.381 e. The summed E-state index contributed by atoms with van der Waals surface area (Å²) in [5, 5.41) is 1.79. The number of sulfonamides is 1. The molecule has 2 aromatic rings. The average molecular weight is 292 g/mol. The molecule has 0 saturated carbocycles. The number of hydrogen-bond donors (Lipinski definition) is 2. The summed E-state index contributed by atoms with van der Waals surface area (Å²) in [7, 11) is -3.60. The van der Waals surface area contributed by atoms with Crippen LogP contribution in [0.3, 0.4) is 0 Å². The molecular formula is C8H12N4O2S3. The predicted molar refractivity (Wildman–Crippen MR) is 71.1 cm³/mol. The van der Waals surface area contributed by atoms with Crippen LogP contribution in [-0.2, 0) is 10.0 Å². The first-order valence-electron chi connectivity index (χ1n) is 4.76. The summed E-state index contributed by atoms with van der Waals surface area (Å²) in [5.74, 6) is 0.749. The molecule has 6 nitrogen and oxygen atoms in total. The zero-order chi connectivity index (χ0) is 12.5. The molecule has 3 N–H and O–H groups in total. The Morgan fingerprint density at radius 2 is 2.41 bits per heavy atom. The third-order valence-corrected chi connectivity index (χ3v) is 4.96. The Kier molecular flexibility index (Phi) is 3.61. The lowest BCUT2D eigenvalue weighted by molar-refractivity contribution is 0.580. The van der Waals surface area contributed by atoms with Crippen molar-refractivity contribution in [2.75, 3.05) is 24.3 Å². The molecule has 0 aliphatic heterocycles. The number of fused-ring (bicyclic) bond motifs is 1. The van der Waals surface area contributed by atoms with Crippen LogP contribution in [0.25, 0.3) is 4.96 Å². The van der Waals surface area contributed by atoms with Gasteiger partial charge in [0, 0.05) is 23.9 Å². The molecule has 0 aliphatic rings. The minimum absolute atomic E-state index is 0.0230. The van der Waals surface area contributed by atoms with E-state index in [9.17, 15) is 8.42 Å². The van der Waals surface area contributed by atoms with Crippen LogP contribution in [0.1, 0.15) is 0 Å². The van der Waals surface area contributed by atoms with Gasteiger partial charge in [0.2, 0.25) is 0 Å². The van der Waals surface area contributed by atoms with Gasteiger partial charge in [-0.2, -0.15) is 11.8 Å². The van der Waals surface area contributed by atoms with Crippen molar-refractivity contribution in [3.63, 3.8) is 0 Å². The molecule has 2 rings (SSSR count). The number of rotatable bonds is 5. The van der Waals surface area contributed by atoms with E-state index in [1.807, 2.05) is 6.26 Å². The van der Waals surface area contributed by atoms with Crippen LogP contribution in [0.15, 0.2) is 16.6 Å². The topological polar surface area (TPSA) is 89.5 Å². The van der Waals surface area contributed by atoms with Gasteiger partial charge >= 0.3 is 0 Å². The van der Waals surface area contributed by atoms with E-state index in [-0.39, 0.29) is 10.8 Å². The molecule has 0 fully saturated rings. The maximum atomic E-state index is 12.0. The maximum Gasteiger partial charge on any atom is 0.260 e. The van der Waals surface area contributed by atoms with E-state index in [1.54, 1.807) is 23.3 Å². The summed E-state index contributed by atoms with van der Waals surface area (Å²) in [4.78, 5) is 4.58. The first-order valence-corrected chi connectivity index (χ1v) is 8.51. The Hall–Kier alpha value is -0.770. The van der Waals surface area contributed by atoms with Crippen molar-refractivity contribution in [1.82, 2.24) is 14.1 Å². The van der Waals surface area contributed by atoms with Crippen LogP contribution in [0.4, 0.5) is 5.82 Å². The molecule has 0 amide bonds. The van der Waals surface area contributed by atoms with Gasteiger partial charge in [0.15, 0.2) is 15.8 Å². The van der Waals surface area contributed by atoms with Crippen LogP contribution >= 0.6 is 23.1 Å². The quantitative estimate of drug-likeness (QED) is 0.789. The number of nitrogens with zero attached hydrogens (tertiary/aromatic N) is 2. The van der Waals surface area contributed by atoms with Crippen molar-refractivity contribution < 1.29 is 8.42 Å². The molecular weight excluding hydrogens is 280 g/mol. The highest BCUT2D eigenvalue weighted by atomic mass is 32.2. The van der Waals surface area contributed by atoms with Crippen LogP contribution in [-0.4, -0.2) is 36.4 Å². The minimum Gasteiger partial charge on any atom is -0.381 e. The van der Waals surface area contributed by atoms with Crippen LogP contribution in [0.2, 0.25) is 0 Å². The number of hydrogen-bond acceptors (Lipinski definition) is 6. The van der Waals surface area contributed by atoms with E-state index in [0.717, 1.165) is 0 Å². The van der Waals surface area contributed by atoms with Crippen LogP contribution < -0.4 is 10.5 Å². The second-order valence-corrected chi connectivity index (χ2v) is 6.79. The highest BCUT2D eigenvalue weighted by molar-refractivity contribution is 7.98. The number of nitrogens with one attached hydrogen (secondary N) is 1. The highest BCUT2D eigenvalue weighted by Gasteiger charge is 2.23. The Morgan fingerprint density at radius 1 is 1.65 bits per heavy atom. The first kappa shape index (κ1) is 12.7. The van der Waals surface area contributed by atoms with Gasteiger partial charge in [-0.15, -0.1) is 11.3 Å². The van der Waals surface area contributed by atoms with Gasteiger partial charge in [0.05, 0.1) is 0 Å². The molecule has 2 aromatic heterocycles. The minimum atomic E-state index is -3.60. The lowest BCUT2D eigenvalue weighted by Crippen LogP contribution is -2.27. The number of imidazole rings is 1. The summed E-state index contributed by atoms with van der Waals surface area (Å²) in [6, 6.07) is 0. The van der Waals surface area contributed by atoms with Crippen molar-refractivity contribution >= 4 is 43.9 Å². The fraction of sp³-hybridized carbons (Fsp3) is 0.375. The SMILES string of the molecule is CSCCNS(=O)(=O)c1c(N)nc2sccn12. The van der Waals surface area contributed by atoms with Gasteiger partial charge in [-0.05, 0) is 6.26 Å². The average Bonchev–Trinajstić information content (AvgIpc) is 2.76. The van der Waals surface area contributed by atoms with Gasteiger partial charge < -0.3 is 5.73 Å². The molecule has 9 heteroatoms. The fourth-order valence-corrected chi connectivity index (χ4v) is 3.84. The summed E-state index contributed by atoms with van der Waals surface area (Å²) >= 11 is 2.91. The summed E-state index contributed by atoms with van der Waals surface area (Å²) in [5.41, 5.74) is 5.64. The normalized spacial score (nSPS) is 12.3. The van der Waals surface area contributed by atoms with Crippen molar-refractivity contribution in [2.24, 2.45) is 0 Å². The van der Waals surface area contributed by atoms with Gasteiger partial charge in [-0.25, -0.2) is 18.1 Å². The van der Waals surface area contributed by atoms with Crippen LogP contribution in [0, 0.1) is 0 Å². The molecule has 0 saturated heterocycles. The van der Waals surface area contributed by atoms with E-state index < -0.39 is 10.0 Å². The monoisotopic (exact) mass is 292 g/mol.